The lowest BCUT2D eigenvalue weighted by Crippen LogP contribution is -2.37. The Morgan fingerprint density at radius 3 is 2.53 bits per heavy atom. The molecular weight excluding hydrogens is 258 g/mol. The minimum absolute atomic E-state index is 0.152. The molecule has 0 heterocycles. The Hall–Kier alpha value is -0.870. The zero-order chi connectivity index (χ0) is 13.5. The minimum atomic E-state index is -3.35. The average molecular weight is 279 g/mol. The Kier molecular flexibility index (Phi) is 3.39. The highest BCUT2D eigenvalue weighted by molar-refractivity contribution is 7.89. The van der Waals surface area contributed by atoms with E-state index in [0.29, 0.717) is 10.8 Å². The van der Waals surface area contributed by atoms with Gasteiger partial charge in [0, 0.05) is 6.04 Å². The maximum absolute atomic E-state index is 12.4. The van der Waals surface area contributed by atoms with E-state index in [1.807, 2.05) is 19.1 Å². The van der Waals surface area contributed by atoms with E-state index >= 15 is 0 Å². The summed E-state index contributed by atoms with van der Waals surface area (Å²) in [5.74, 6) is 1.32. The molecule has 0 aliphatic heterocycles. The molecule has 0 spiro atoms. The summed E-state index contributed by atoms with van der Waals surface area (Å²) < 4.78 is 27.7. The summed E-state index contributed by atoms with van der Waals surface area (Å²) in [5, 5.41) is 0. The first kappa shape index (κ1) is 13.1. The van der Waals surface area contributed by atoms with E-state index in [9.17, 15) is 8.42 Å². The summed E-state index contributed by atoms with van der Waals surface area (Å²) in [4.78, 5) is 0.388. The largest absolute Gasteiger partial charge is 0.240 e. The fourth-order valence-electron chi connectivity index (χ4n) is 3.69. The van der Waals surface area contributed by atoms with Gasteiger partial charge in [0.15, 0.2) is 0 Å². The second-order valence-corrected chi connectivity index (χ2v) is 7.69. The molecule has 2 aliphatic rings. The topological polar surface area (TPSA) is 46.2 Å². The molecule has 19 heavy (non-hydrogen) atoms. The van der Waals surface area contributed by atoms with Crippen molar-refractivity contribution in [3.8, 4) is 0 Å². The second-order valence-electron chi connectivity index (χ2n) is 5.97. The van der Waals surface area contributed by atoms with Crippen molar-refractivity contribution in [3.05, 3.63) is 29.8 Å². The molecule has 0 aromatic heterocycles. The molecule has 2 fully saturated rings. The predicted octanol–water partition coefficient (Wildman–Crippen LogP) is 2.85. The molecule has 2 aliphatic carbocycles. The molecule has 0 bridgehead atoms. The molecule has 0 unspecified atom stereocenters. The molecule has 1 N–H and O–H groups in total. The van der Waals surface area contributed by atoms with Crippen molar-refractivity contribution in [3.63, 3.8) is 0 Å². The highest BCUT2D eigenvalue weighted by Crippen LogP contribution is 2.44. The van der Waals surface area contributed by atoms with Crippen molar-refractivity contribution in [1.29, 1.82) is 0 Å². The smallest absolute Gasteiger partial charge is 0.208 e. The number of benzene rings is 1. The molecule has 3 nitrogen and oxygen atoms in total. The molecule has 3 atom stereocenters. The van der Waals surface area contributed by atoms with Gasteiger partial charge in [-0.25, -0.2) is 13.1 Å². The lowest BCUT2D eigenvalue weighted by molar-refractivity contribution is 0.400. The molecule has 0 saturated heterocycles. The normalized spacial score (nSPS) is 30.5. The first-order valence-electron chi connectivity index (χ1n) is 7.15. The number of rotatable bonds is 3. The zero-order valence-corrected chi connectivity index (χ0v) is 12.1. The van der Waals surface area contributed by atoms with Gasteiger partial charge in [-0.1, -0.05) is 30.5 Å². The van der Waals surface area contributed by atoms with Crippen LogP contribution in [-0.2, 0) is 10.0 Å². The summed E-state index contributed by atoms with van der Waals surface area (Å²) in [6.07, 6.45) is 5.92. The lowest BCUT2D eigenvalue weighted by atomic mass is 9.98. The third kappa shape index (κ3) is 2.56. The monoisotopic (exact) mass is 279 g/mol. The summed E-state index contributed by atoms with van der Waals surface area (Å²) in [6.45, 7) is 1.96. The van der Waals surface area contributed by atoms with Crippen LogP contribution in [0, 0.1) is 18.8 Å². The van der Waals surface area contributed by atoms with E-state index in [-0.39, 0.29) is 6.04 Å². The summed E-state index contributed by atoms with van der Waals surface area (Å²) in [7, 11) is -3.35. The fraction of sp³-hybridized carbons (Fsp3) is 0.600. The Bertz CT molecular complexity index is 550. The van der Waals surface area contributed by atoms with Crippen LogP contribution in [0.2, 0.25) is 0 Å². The van der Waals surface area contributed by atoms with Crippen LogP contribution in [0.4, 0.5) is 0 Å². The lowest BCUT2D eigenvalue weighted by Gasteiger charge is -2.20. The Morgan fingerprint density at radius 1 is 1.05 bits per heavy atom. The second kappa shape index (κ2) is 4.91. The highest BCUT2D eigenvalue weighted by atomic mass is 32.2. The first-order chi connectivity index (χ1) is 9.06. The molecule has 2 saturated carbocycles. The van der Waals surface area contributed by atoms with Crippen molar-refractivity contribution in [1.82, 2.24) is 4.72 Å². The van der Waals surface area contributed by atoms with Crippen molar-refractivity contribution in [2.75, 3.05) is 0 Å². The summed E-state index contributed by atoms with van der Waals surface area (Å²) in [5.41, 5.74) is 1.08. The molecule has 4 heteroatoms. The van der Waals surface area contributed by atoms with Gasteiger partial charge in [0.2, 0.25) is 10.0 Å². The van der Waals surface area contributed by atoms with E-state index in [1.54, 1.807) is 12.1 Å². The summed E-state index contributed by atoms with van der Waals surface area (Å²) in [6, 6.07) is 7.24. The third-order valence-corrected chi connectivity index (χ3v) is 6.23. The first-order valence-corrected chi connectivity index (χ1v) is 8.63. The van der Waals surface area contributed by atoms with Gasteiger partial charge in [0.25, 0.3) is 0 Å². The SMILES string of the molecule is Cc1ccc(S(=O)(=O)N[C@H]2CC[C@H]3CCC[C@H]32)cc1. The molecule has 1 aromatic carbocycles. The maximum Gasteiger partial charge on any atom is 0.240 e. The van der Waals surface area contributed by atoms with Gasteiger partial charge in [-0.05, 0) is 50.2 Å². The van der Waals surface area contributed by atoms with Crippen LogP contribution in [0.5, 0.6) is 0 Å². The van der Waals surface area contributed by atoms with Crippen molar-refractivity contribution in [2.24, 2.45) is 11.8 Å². The van der Waals surface area contributed by atoms with Crippen LogP contribution in [0.25, 0.3) is 0 Å². The Labute approximate surface area is 115 Å². The molecule has 3 rings (SSSR count). The van der Waals surface area contributed by atoms with E-state index in [2.05, 4.69) is 4.72 Å². The van der Waals surface area contributed by atoms with Gasteiger partial charge in [-0.15, -0.1) is 0 Å². The number of nitrogens with one attached hydrogen (secondary N) is 1. The van der Waals surface area contributed by atoms with Crippen LogP contribution in [0.15, 0.2) is 29.2 Å². The number of fused-ring (bicyclic) bond motifs is 1. The standard InChI is InChI=1S/C15H21NO2S/c1-11-5-8-13(9-6-11)19(17,18)16-15-10-7-12-3-2-4-14(12)15/h5-6,8-9,12,14-16H,2-4,7,10H2,1H3/t12-,14-,15+/m1/s1. The number of sulfonamides is 1. The van der Waals surface area contributed by atoms with Crippen molar-refractivity contribution >= 4 is 10.0 Å². The third-order valence-electron chi connectivity index (χ3n) is 4.72. The Balaban J connectivity index is 1.76. The van der Waals surface area contributed by atoms with Crippen LogP contribution in [0.1, 0.15) is 37.7 Å². The molecular formula is C15H21NO2S. The van der Waals surface area contributed by atoms with Gasteiger partial charge in [0.05, 0.1) is 4.90 Å². The maximum atomic E-state index is 12.4. The average Bonchev–Trinajstić information content (AvgIpc) is 2.95. The van der Waals surface area contributed by atoms with Crippen LogP contribution in [0.3, 0.4) is 0 Å². The fourth-order valence-corrected chi connectivity index (χ4v) is 5.01. The number of hydrogen-bond donors (Lipinski definition) is 1. The van der Waals surface area contributed by atoms with Gasteiger partial charge < -0.3 is 0 Å². The van der Waals surface area contributed by atoms with Crippen molar-refractivity contribution < 1.29 is 8.42 Å². The number of hydrogen-bond acceptors (Lipinski definition) is 2. The van der Waals surface area contributed by atoms with Gasteiger partial charge in [-0.3, -0.25) is 0 Å². The molecule has 104 valence electrons. The number of aryl methyl sites for hydroxylation is 1. The highest BCUT2D eigenvalue weighted by Gasteiger charge is 2.40. The van der Waals surface area contributed by atoms with E-state index in [4.69, 9.17) is 0 Å². The Morgan fingerprint density at radius 2 is 1.79 bits per heavy atom. The molecule has 0 amide bonds. The zero-order valence-electron chi connectivity index (χ0n) is 11.3. The van der Waals surface area contributed by atoms with E-state index in [0.717, 1.165) is 17.9 Å². The summed E-state index contributed by atoms with van der Waals surface area (Å²) >= 11 is 0. The van der Waals surface area contributed by atoms with Gasteiger partial charge >= 0.3 is 0 Å². The van der Waals surface area contributed by atoms with Gasteiger partial charge in [0.1, 0.15) is 0 Å². The van der Waals surface area contributed by atoms with Crippen molar-refractivity contribution in [2.45, 2.75) is 50.0 Å². The quantitative estimate of drug-likeness (QED) is 0.924. The van der Waals surface area contributed by atoms with Crippen LogP contribution in [-0.4, -0.2) is 14.5 Å². The van der Waals surface area contributed by atoms with E-state index < -0.39 is 10.0 Å². The molecule has 1 aromatic rings. The van der Waals surface area contributed by atoms with E-state index in [1.165, 1.54) is 25.7 Å². The van der Waals surface area contributed by atoms with Gasteiger partial charge in [-0.2, -0.15) is 0 Å². The minimum Gasteiger partial charge on any atom is -0.208 e. The molecule has 0 radical (unpaired) electrons. The van der Waals surface area contributed by atoms with Crippen LogP contribution < -0.4 is 4.72 Å². The van der Waals surface area contributed by atoms with Crippen LogP contribution >= 0.6 is 0 Å². The predicted molar refractivity (Wildman–Crippen MR) is 75.4 cm³/mol.